The molecule has 5 nitrogen and oxygen atoms in total. The van der Waals surface area contributed by atoms with E-state index in [1.54, 1.807) is 0 Å². The third-order valence-corrected chi connectivity index (χ3v) is 5.53. The molecule has 1 amide bonds. The molecule has 0 saturated heterocycles. The van der Waals surface area contributed by atoms with Crippen LogP contribution in [0.1, 0.15) is 39.4 Å². The molecule has 0 unspecified atom stereocenters. The van der Waals surface area contributed by atoms with Crippen molar-refractivity contribution in [3.05, 3.63) is 94.6 Å². The topological polar surface area (TPSA) is 64.6 Å². The minimum absolute atomic E-state index is 0.0318. The molecule has 0 heterocycles. The molecular formula is C27H21F2NO4. The maximum atomic E-state index is 13.9. The van der Waals surface area contributed by atoms with Gasteiger partial charge in [0, 0.05) is 24.4 Å². The van der Waals surface area contributed by atoms with Crippen molar-refractivity contribution >= 4 is 12.1 Å². The minimum atomic E-state index is -1.10. The van der Waals surface area contributed by atoms with E-state index in [0.29, 0.717) is 0 Å². The number of esters is 1. The Bertz CT molecular complexity index is 1240. The molecule has 1 aliphatic rings. The third kappa shape index (κ3) is 4.76. The molecule has 1 aliphatic carbocycles. The van der Waals surface area contributed by atoms with Crippen LogP contribution in [0.3, 0.4) is 0 Å². The van der Waals surface area contributed by atoms with E-state index >= 15 is 0 Å². The zero-order valence-electron chi connectivity index (χ0n) is 18.4. The van der Waals surface area contributed by atoms with E-state index in [1.807, 2.05) is 36.4 Å². The largest absolute Gasteiger partial charge is 0.465 e. The average Bonchev–Trinajstić information content (AvgIpc) is 3.15. The van der Waals surface area contributed by atoms with Crippen LogP contribution in [0.4, 0.5) is 13.6 Å². The summed E-state index contributed by atoms with van der Waals surface area (Å²) >= 11 is 0. The number of rotatable bonds is 5. The van der Waals surface area contributed by atoms with Crippen molar-refractivity contribution in [3.63, 3.8) is 0 Å². The van der Waals surface area contributed by atoms with Crippen molar-refractivity contribution in [2.45, 2.75) is 12.3 Å². The van der Waals surface area contributed by atoms with Crippen LogP contribution < -0.4 is 5.32 Å². The number of hydrogen-bond donors (Lipinski definition) is 1. The van der Waals surface area contributed by atoms with E-state index in [1.165, 1.54) is 0 Å². The summed E-state index contributed by atoms with van der Waals surface area (Å²) < 4.78 is 37.7. The van der Waals surface area contributed by atoms with Gasteiger partial charge in [-0.2, -0.15) is 0 Å². The SMILES string of the molecule is COC(=O)c1c(F)cc(C#CCCNC(=O)OCC2c3ccccc3-c3ccccc32)cc1F. The van der Waals surface area contributed by atoms with Gasteiger partial charge in [-0.15, -0.1) is 0 Å². The molecule has 172 valence electrons. The highest BCUT2D eigenvalue weighted by Crippen LogP contribution is 2.44. The van der Waals surface area contributed by atoms with Gasteiger partial charge in [0.15, 0.2) is 0 Å². The molecule has 0 aromatic heterocycles. The van der Waals surface area contributed by atoms with Gasteiger partial charge >= 0.3 is 12.1 Å². The molecule has 4 rings (SSSR count). The van der Waals surface area contributed by atoms with E-state index in [9.17, 15) is 18.4 Å². The molecule has 0 saturated carbocycles. The fraction of sp³-hybridized carbons (Fsp3) is 0.185. The number of amides is 1. The van der Waals surface area contributed by atoms with Crippen molar-refractivity contribution in [2.75, 3.05) is 20.3 Å². The Morgan fingerprint density at radius 3 is 2.15 bits per heavy atom. The van der Waals surface area contributed by atoms with Gasteiger partial charge in [-0.05, 0) is 34.4 Å². The van der Waals surface area contributed by atoms with Crippen LogP contribution in [0.2, 0.25) is 0 Å². The van der Waals surface area contributed by atoms with Crippen molar-refractivity contribution < 1.29 is 27.8 Å². The highest BCUT2D eigenvalue weighted by atomic mass is 19.1. The number of ether oxygens (including phenoxy) is 2. The van der Waals surface area contributed by atoms with Crippen LogP contribution in [0, 0.1) is 23.5 Å². The van der Waals surface area contributed by atoms with Crippen LogP contribution >= 0.6 is 0 Å². The van der Waals surface area contributed by atoms with Crippen LogP contribution in [-0.4, -0.2) is 32.3 Å². The molecule has 1 N–H and O–H groups in total. The number of halogens is 2. The lowest BCUT2D eigenvalue weighted by atomic mass is 9.98. The smallest absolute Gasteiger partial charge is 0.407 e. The van der Waals surface area contributed by atoms with Gasteiger partial charge in [-0.1, -0.05) is 60.4 Å². The molecule has 0 spiro atoms. The van der Waals surface area contributed by atoms with Gasteiger partial charge in [-0.3, -0.25) is 0 Å². The zero-order valence-corrected chi connectivity index (χ0v) is 18.4. The number of hydrogen-bond acceptors (Lipinski definition) is 4. The summed E-state index contributed by atoms with van der Waals surface area (Å²) in [6.07, 6.45) is -0.324. The predicted octanol–water partition coefficient (Wildman–Crippen LogP) is 5.03. The number of nitrogens with one attached hydrogen (secondary N) is 1. The van der Waals surface area contributed by atoms with Gasteiger partial charge in [0.1, 0.15) is 23.8 Å². The molecule has 0 bridgehead atoms. The first-order valence-electron chi connectivity index (χ1n) is 10.6. The Balaban J connectivity index is 1.29. The summed E-state index contributed by atoms with van der Waals surface area (Å²) in [5, 5.41) is 2.62. The number of fused-ring (bicyclic) bond motifs is 3. The fourth-order valence-electron chi connectivity index (χ4n) is 3.98. The van der Waals surface area contributed by atoms with Gasteiger partial charge < -0.3 is 14.8 Å². The van der Waals surface area contributed by atoms with Crippen LogP contribution in [0.25, 0.3) is 11.1 Å². The Labute approximate surface area is 195 Å². The highest BCUT2D eigenvalue weighted by molar-refractivity contribution is 5.90. The lowest BCUT2D eigenvalue weighted by molar-refractivity contribution is 0.0589. The van der Waals surface area contributed by atoms with E-state index in [4.69, 9.17) is 4.74 Å². The Morgan fingerprint density at radius 2 is 1.56 bits per heavy atom. The molecule has 0 radical (unpaired) electrons. The normalized spacial score (nSPS) is 11.6. The quantitative estimate of drug-likeness (QED) is 0.329. The van der Waals surface area contributed by atoms with Crippen LogP contribution in [0.15, 0.2) is 60.7 Å². The van der Waals surface area contributed by atoms with Crippen molar-refractivity contribution in [1.82, 2.24) is 5.32 Å². The number of carbonyl (C=O) groups is 2. The van der Waals surface area contributed by atoms with Gasteiger partial charge in [0.25, 0.3) is 0 Å². The van der Waals surface area contributed by atoms with Gasteiger partial charge in [0.2, 0.25) is 0 Å². The zero-order chi connectivity index (χ0) is 24.1. The summed E-state index contributed by atoms with van der Waals surface area (Å²) in [5.41, 5.74) is 3.86. The molecule has 34 heavy (non-hydrogen) atoms. The van der Waals surface area contributed by atoms with E-state index in [-0.39, 0.29) is 31.1 Å². The summed E-state index contributed by atoms with van der Waals surface area (Å²) in [7, 11) is 1.04. The van der Waals surface area contributed by atoms with E-state index in [0.717, 1.165) is 41.5 Å². The summed E-state index contributed by atoms with van der Waals surface area (Å²) in [6.45, 7) is 0.408. The number of benzene rings is 3. The molecule has 3 aromatic carbocycles. The third-order valence-electron chi connectivity index (χ3n) is 5.53. The fourth-order valence-corrected chi connectivity index (χ4v) is 3.98. The Kier molecular flexibility index (Phi) is 6.88. The first-order valence-corrected chi connectivity index (χ1v) is 10.6. The predicted molar refractivity (Wildman–Crippen MR) is 122 cm³/mol. The maximum Gasteiger partial charge on any atom is 0.407 e. The summed E-state index contributed by atoms with van der Waals surface area (Å²) in [4.78, 5) is 23.5. The molecular weight excluding hydrogens is 440 g/mol. The first-order chi connectivity index (χ1) is 16.5. The Morgan fingerprint density at radius 1 is 0.971 bits per heavy atom. The summed E-state index contributed by atoms with van der Waals surface area (Å²) in [6, 6.07) is 18.0. The van der Waals surface area contributed by atoms with Crippen LogP contribution in [-0.2, 0) is 9.47 Å². The lowest BCUT2D eigenvalue weighted by Crippen LogP contribution is -2.26. The van der Waals surface area contributed by atoms with Crippen LogP contribution in [0.5, 0.6) is 0 Å². The number of alkyl carbamates (subject to hydrolysis) is 1. The molecule has 0 aliphatic heterocycles. The van der Waals surface area contributed by atoms with Crippen molar-refractivity contribution in [2.24, 2.45) is 0 Å². The van der Waals surface area contributed by atoms with E-state index in [2.05, 4.69) is 34.0 Å². The average molecular weight is 461 g/mol. The molecule has 0 fully saturated rings. The second-order valence-corrected chi connectivity index (χ2v) is 7.61. The maximum absolute atomic E-state index is 13.9. The minimum Gasteiger partial charge on any atom is -0.465 e. The monoisotopic (exact) mass is 461 g/mol. The van der Waals surface area contributed by atoms with Gasteiger partial charge in [0.05, 0.1) is 7.11 Å². The van der Waals surface area contributed by atoms with Crippen molar-refractivity contribution in [3.8, 4) is 23.0 Å². The second-order valence-electron chi connectivity index (χ2n) is 7.61. The van der Waals surface area contributed by atoms with E-state index < -0.39 is 29.3 Å². The molecule has 7 heteroatoms. The molecule has 3 aromatic rings. The van der Waals surface area contributed by atoms with Crippen molar-refractivity contribution in [1.29, 1.82) is 0 Å². The lowest BCUT2D eigenvalue weighted by Gasteiger charge is -2.14. The highest BCUT2D eigenvalue weighted by Gasteiger charge is 2.28. The number of methoxy groups -OCH3 is 1. The van der Waals surface area contributed by atoms with Gasteiger partial charge in [-0.25, -0.2) is 18.4 Å². The second kappa shape index (κ2) is 10.2. The molecule has 0 atom stereocenters. The number of carbonyl (C=O) groups excluding carboxylic acids is 2. The standard InChI is InChI=1S/C27H21F2NO4/c1-33-26(31)25-23(28)14-17(15-24(25)29)8-6-7-13-30-27(32)34-16-22-20-11-4-2-9-18(20)19-10-3-5-12-21(19)22/h2-5,9-12,14-15,22H,7,13,16H2,1H3,(H,30,32). The summed E-state index contributed by atoms with van der Waals surface area (Å²) in [5.74, 6) is 2.11. The first kappa shape index (κ1) is 23.0. The Hall–Kier alpha value is -4.18.